The van der Waals surface area contributed by atoms with Crippen molar-refractivity contribution >= 4 is 15.7 Å². The molecule has 1 aliphatic rings. The molecule has 3 rings (SSSR count). The molecule has 2 aromatic carbocycles. The number of rotatable bonds is 8. The van der Waals surface area contributed by atoms with Gasteiger partial charge in [-0.1, -0.05) is 0 Å². The number of sulfonamides is 1. The average molecular weight is 459 g/mol. The largest absolute Gasteiger partial charge is 0.489 e. The summed E-state index contributed by atoms with van der Waals surface area (Å²) in [5.41, 5.74) is -1.04. The normalized spacial score (nSPS) is 18.0. The Bertz CT molecular complexity index is 1010. The van der Waals surface area contributed by atoms with Crippen LogP contribution in [0.4, 0.5) is 18.9 Å². The summed E-state index contributed by atoms with van der Waals surface area (Å²) in [6, 6.07) is 8.64. The lowest BCUT2D eigenvalue weighted by Crippen LogP contribution is -2.40. The summed E-state index contributed by atoms with van der Waals surface area (Å²) in [5.74, 6) is 0.140. The van der Waals surface area contributed by atoms with Gasteiger partial charge in [0, 0.05) is 31.1 Å². The summed E-state index contributed by atoms with van der Waals surface area (Å²) in [7, 11) is -3.97. The third kappa shape index (κ3) is 5.93. The molecule has 0 radical (unpaired) electrons. The van der Waals surface area contributed by atoms with Crippen LogP contribution in [-0.2, 0) is 16.2 Å². The first-order valence-corrected chi connectivity index (χ1v) is 10.8. The molecule has 2 atom stereocenters. The molecule has 0 aliphatic carbocycles. The van der Waals surface area contributed by atoms with Crippen LogP contribution < -0.4 is 14.8 Å². The van der Waals surface area contributed by atoms with Crippen molar-refractivity contribution in [1.29, 1.82) is 0 Å². The van der Waals surface area contributed by atoms with Gasteiger partial charge in [-0.3, -0.25) is 10.1 Å². The number of hydrogen-bond donors (Lipinski definition) is 2. The van der Waals surface area contributed by atoms with Gasteiger partial charge < -0.3 is 10.1 Å². The minimum absolute atomic E-state index is 0.0538. The van der Waals surface area contributed by atoms with Crippen LogP contribution in [0.3, 0.4) is 0 Å². The van der Waals surface area contributed by atoms with Crippen LogP contribution >= 0.6 is 0 Å². The maximum Gasteiger partial charge on any atom is 0.416 e. The highest BCUT2D eigenvalue weighted by molar-refractivity contribution is 7.89. The van der Waals surface area contributed by atoms with Crippen molar-refractivity contribution in [3.63, 3.8) is 0 Å². The van der Waals surface area contributed by atoms with E-state index in [4.69, 9.17) is 4.74 Å². The van der Waals surface area contributed by atoms with Crippen molar-refractivity contribution in [2.75, 3.05) is 19.6 Å². The zero-order valence-electron chi connectivity index (χ0n) is 16.1. The minimum Gasteiger partial charge on any atom is -0.489 e. The fourth-order valence-electron chi connectivity index (χ4n) is 3.22. The van der Waals surface area contributed by atoms with Gasteiger partial charge in [0.25, 0.3) is 5.69 Å². The Hall–Kier alpha value is -2.70. The van der Waals surface area contributed by atoms with Crippen molar-refractivity contribution in [3.05, 3.63) is 64.2 Å². The van der Waals surface area contributed by atoms with E-state index in [2.05, 4.69) is 10.0 Å². The Morgan fingerprint density at radius 1 is 1.16 bits per heavy atom. The molecule has 0 spiro atoms. The van der Waals surface area contributed by atoms with Crippen molar-refractivity contribution in [1.82, 2.24) is 10.0 Å². The Balaban J connectivity index is 1.71. The number of ether oxygens (including phenoxy) is 1. The van der Waals surface area contributed by atoms with E-state index in [1.165, 1.54) is 12.1 Å². The molecule has 1 fully saturated rings. The summed E-state index contributed by atoms with van der Waals surface area (Å²) in [4.78, 5) is 9.95. The Morgan fingerprint density at radius 3 is 2.32 bits per heavy atom. The average Bonchev–Trinajstić information content (AvgIpc) is 3.25. The highest BCUT2D eigenvalue weighted by Crippen LogP contribution is 2.31. The van der Waals surface area contributed by atoms with Crippen LogP contribution in [0.25, 0.3) is 0 Å². The van der Waals surface area contributed by atoms with E-state index in [1.807, 2.05) is 0 Å². The highest BCUT2D eigenvalue weighted by atomic mass is 32.2. The van der Waals surface area contributed by atoms with Gasteiger partial charge >= 0.3 is 6.18 Å². The van der Waals surface area contributed by atoms with Crippen LogP contribution in [0.15, 0.2) is 53.4 Å². The molecule has 0 unspecified atom stereocenters. The predicted molar refractivity (Wildman–Crippen MR) is 105 cm³/mol. The fraction of sp³-hybridized carbons (Fsp3) is 0.368. The molecule has 0 saturated carbocycles. The predicted octanol–water partition coefficient (Wildman–Crippen LogP) is 2.95. The second-order valence-corrected chi connectivity index (χ2v) is 8.80. The molecule has 1 aliphatic heterocycles. The summed E-state index contributed by atoms with van der Waals surface area (Å²) in [6.45, 7) is 1.17. The number of hydrogen-bond acceptors (Lipinski definition) is 6. The lowest BCUT2D eigenvalue weighted by atomic mass is 10.0. The van der Waals surface area contributed by atoms with Gasteiger partial charge in [0.1, 0.15) is 11.9 Å². The van der Waals surface area contributed by atoms with E-state index in [0.29, 0.717) is 19.5 Å². The lowest BCUT2D eigenvalue weighted by molar-refractivity contribution is -0.384. The first-order valence-electron chi connectivity index (χ1n) is 9.35. The Kier molecular flexibility index (Phi) is 6.82. The monoisotopic (exact) mass is 459 g/mol. The minimum atomic E-state index is -4.46. The number of nitro benzene ring substituents is 1. The van der Waals surface area contributed by atoms with Gasteiger partial charge in [-0.05, 0) is 49.4 Å². The summed E-state index contributed by atoms with van der Waals surface area (Å²) >= 11 is 0. The van der Waals surface area contributed by atoms with Gasteiger partial charge in [-0.25, -0.2) is 13.1 Å². The first kappa shape index (κ1) is 23.0. The Morgan fingerprint density at radius 2 is 1.81 bits per heavy atom. The van der Waals surface area contributed by atoms with Gasteiger partial charge in [-0.15, -0.1) is 0 Å². The maximum absolute atomic E-state index is 12.7. The van der Waals surface area contributed by atoms with Crippen LogP contribution in [-0.4, -0.2) is 39.1 Å². The first-order chi connectivity index (χ1) is 14.6. The maximum atomic E-state index is 12.7. The van der Waals surface area contributed by atoms with E-state index >= 15 is 0 Å². The zero-order valence-corrected chi connectivity index (χ0v) is 16.9. The highest BCUT2D eigenvalue weighted by Gasteiger charge is 2.31. The second kappa shape index (κ2) is 9.20. The van der Waals surface area contributed by atoms with E-state index in [9.17, 15) is 31.7 Å². The number of nitrogens with one attached hydrogen (secondary N) is 2. The van der Waals surface area contributed by atoms with E-state index in [-0.39, 0.29) is 28.8 Å². The topological polar surface area (TPSA) is 111 Å². The van der Waals surface area contributed by atoms with Crippen molar-refractivity contribution in [2.45, 2.75) is 23.6 Å². The van der Waals surface area contributed by atoms with Crippen molar-refractivity contribution in [2.24, 2.45) is 5.92 Å². The summed E-state index contributed by atoms with van der Waals surface area (Å²) in [6.07, 6.45) is -4.38. The quantitative estimate of drug-likeness (QED) is 0.464. The van der Waals surface area contributed by atoms with E-state index < -0.39 is 32.8 Å². The SMILES string of the molecule is O=[N+]([O-])c1ccc(S(=O)(=O)NC[C@@H](Oc2ccc(C(F)(F)F)cc2)[C@H]2CCNC2)cc1. The van der Waals surface area contributed by atoms with Crippen LogP contribution in [0, 0.1) is 16.0 Å². The molecular weight excluding hydrogens is 439 g/mol. The number of halogens is 3. The number of benzene rings is 2. The summed E-state index contributed by atoms with van der Waals surface area (Å²) < 4.78 is 71.6. The molecule has 1 heterocycles. The molecule has 0 amide bonds. The van der Waals surface area contributed by atoms with Gasteiger partial charge in [0.2, 0.25) is 10.0 Å². The third-order valence-electron chi connectivity index (χ3n) is 4.93. The summed E-state index contributed by atoms with van der Waals surface area (Å²) in [5, 5.41) is 13.9. The molecule has 12 heteroatoms. The van der Waals surface area contributed by atoms with E-state index in [1.54, 1.807) is 0 Å². The number of nitrogens with zero attached hydrogens (tertiary/aromatic N) is 1. The van der Waals surface area contributed by atoms with Crippen LogP contribution in [0.2, 0.25) is 0 Å². The number of non-ortho nitro benzene ring substituents is 1. The molecule has 2 N–H and O–H groups in total. The van der Waals surface area contributed by atoms with Gasteiger partial charge in [0.15, 0.2) is 0 Å². The van der Waals surface area contributed by atoms with E-state index in [0.717, 1.165) is 36.4 Å². The Labute approximate surface area is 176 Å². The molecule has 31 heavy (non-hydrogen) atoms. The zero-order chi connectivity index (χ0) is 22.6. The van der Waals surface area contributed by atoms with Gasteiger partial charge in [0.05, 0.1) is 15.4 Å². The van der Waals surface area contributed by atoms with Crippen molar-refractivity contribution in [3.8, 4) is 5.75 Å². The fourth-order valence-corrected chi connectivity index (χ4v) is 4.26. The number of nitro groups is 1. The molecule has 8 nitrogen and oxygen atoms in total. The van der Waals surface area contributed by atoms with Gasteiger partial charge in [-0.2, -0.15) is 13.2 Å². The standard InChI is InChI=1S/C19H20F3N3O5S/c20-19(21,22)14-1-5-16(6-2-14)30-18(13-9-10-23-11-13)12-24-31(28,29)17-7-3-15(4-8-17)25(26)27/h1-8,13,18,23-24H,9-12H2/t13-,18+/m0/s1. The second-order valence-electron chi connectivity index (χ2n) is 7.03. The molecular formula is C19H20F3N3O5S. The molecule has 1 saturated heterocycles. The molecule has 0 bridgehead atoms. The van der Waals surface area contributed by atoms with Crippen LogP contribution in [0.1, 0.15) is 12.0 Å². The third-order valence-corrected chi connectivity index (χ3v) is 6.37. The molecule has 0 aromatic heterocycles. The molecule has 168 valence electrons. The van der Waals surface area contributed by atoms with Crippen LogP contribution in [0.5, 0.6) is 5.75 Å². The van der Waals surface area contributed by atoms with Crippen molar-refractivity contribution < 1.29 is 31.2 Å². The smallest absolute Gasteiger partial charge is 0.416 e. The molecule has 2 aromatic rings. The lowest BCUT2D eigenvalue weighted by Gasteiger charge is -2.25. The number of alkyl halides is 3.